The van der Waals surface area contributed by atoms with Crippen molar-refractivity contribution < 1.29 is 0 Å². The quantitative estimate of drug-likeness (QED) is 0.870. The van der Waals surface area contributed by atoms with E-state index in [1.807, 2.05) is 43.3 Å². The van der Waals surface area contributed by atoms with E-state index < -0.39 is 0 Å². The second-order valence-corrected chi connectivity index (χ2v) is 3.51. The van der Waals surface area contributed by atoms with E-state index in [1.54, 1.807) is 6.07 Å². The zero-order chi connectivity index (χ0) is 12.1. The summed E-state index contributed by atoms with van der Waals surface area (Å²) >= 11 is 0. The zero-order valence-corrected chi connectivity index (χ0v) is 9.51. The molecule has 0 spiro atoms. The third-order valence-electron chi connectivity index (χ3n) is 2.25. The molecule has 4 nitrogen and oxygen atoms in total. The minimum atomic E-state index is 0.385. The summed E-state index contributed by atoms with van der Waals surface area (Å²) < 4.78 is 0. The first-order valence-corrected chi connectivity index (χ1v) is 5.42. The fourth-order valence-electron chi connectivity index (χ4n) is 1.45. The molecular formula is C13H12N4. The molecule has 0 atom stereocenters. The maximum Gasteiger partial charge on any atom is 0.146 e. The standard InChI is InChI=1S/C13H12N4/c1-2-12-16-11(9-14)8-13(17-12)15-10-6-4-3-5-7-10/h3-8H,2H2,1H3,(H,15,16,17). The molecule has 1 heterocycles. The highest BCUT2D eigenvalue weighted by Gasteiger charge is 2.03. The predicted octanol–water partition coefficient (Wildman–Crippen LogP) is 2.65. The first kappa shape index (κ1) is 11.1. The lowest BCUT2D eigenvalue weighted by molar-refractivity contribution is 0.934. The predicted molar refractivity (Wildman–Crippen MR) is 65.8 cm³/mol. The molecule has 0 unspecified atom stereocenters. The van der Waals surface area contributed by atoms with Crippen LogP contribution >= 0.6 is 0 Å². The lowest BCUT2D eigenvalue weighted by atomic mass is 10.3. The van der Waals surface area contributed by atoms with E-state index in [2.05, 4.69) is 15.3 Å². The van der Waals surface area contributed by atoms with Gasteiger partial charge in [-0.1, -0.05) is 25.1 Å². The molecule has 0 aliphatic carbocycles. The minimum absolute atomic E-state index is 0.385. The Bertz CT molecular complexity index is 543. The van der Waals surface area contributed by atoms with Crippen LogP contribution in [-0.4, -0.2) is 9.97 Å². The molecule has 0 aliphatic rings. The van der Waals surface area contributed by atoms with Crippen molar-refractivity contribution in [2.45, 2.75) is 13.3 Å². The Morgan fingerprint density at radius 3 is 2.65 bits per heavy atom. The summed E-state index contributed by atoms with van der Waals surface area (Å²) in [7, 11) is 0. The molecule has 4 heteroatoms. The number of nitrogens with one attached hydrogen (secondary N) is 1. The van der Waals surface area contributed by atoms with E-state index in [4.69, 9.17) is 5.26 Å². The van der Waals surface area contributed by atoms with Crippen molar-refractivity contribution in [2.24, 2.45) is 0 Å². The molecule has 0 saturated carbocycles. The van der Waals surface area contributed by atoms with Gasteiger partial charge in [0.2, 0.25) is 0 Å². The molecule has 2 aromatic rings. The fraction of sp³-hybridized carbons (Fsp3) is 0.154. The molecule has 84 valence electrons. The molecule has 0 aliphatic heterocycles. The maximum atomic E-state index is 8.88. The molecule has 17 heavy (non-hydrogen) atoms. The number of anilines is 2. The van der Waals surface area contributed by atoms with Crippen LogP contribution in [0.1, 0.15) is 18.4 Å². The summed E-state index contributed by atoms with van der Waals surface area (Å²) in [6, 6.07) is 13.4. The van der Waals surface area contributed by atoms with E-state index in [0.717, 1.165) is 5.69 Å². The summed E-state index contributed by atoms with van der Waals surface area (Å²) in [6.45, 7) is 1.96. The van der Waals surface area contributed by atoms with Gasteiger partial charge in [0.15, 0.2) is 0 Å². The van der Waals surface area contributed by atoms with E-state index >= 15 is 0 Å². The Kier molecular flexibility index (Phi) is 3.31. The molecule has 1 aromatic carbocycles. The SMILES string of the molecule is CCc1nc(C#N)cc(Nc2ccccc2)n1. The van der Waals surface area contributed by atoms with Crippen LogP contribution in [0.25, 0.3) is 0 Å². The van der Waals surface area contributed by atoms with Crippen molar-refractivity contribution >= 4 is 11.5 Å². The van der Waals surface area contributed by atoms with Gasteiger partial charge < -0.3 is 5.32 Å². The van der Waals surface area contributed by atoms with E-state index in [9.17, 15) is 0 Å². The highest BCUT2D eigenvalue weighted by Crippen LogP contribution is 2.14. The van der Waals surface area contributed by atoms with Crippen LogP contribution < -0.4 is 5.32 Å². The van der Waals surface area contributed by atoms with Crippen molar-refractivity contribution in [1.29, 1.82) is 5.26 Å². The van der Waals surface area contributed by atoms with Crippen molar-refractivity contribution in [3.8, 4) is 6.07 Å². The fourth-order valence-corrected chi connectivity index (χ4v) is 1.45. The molecule has 0 fully saturated rings. The van der Waals surface area contributed by atoms with Gasteiger partial charge in [-0.25, -0.2) is 9.97 Å². The van der Waals surface area contributed by atoms with E-state index in [0.29, 0.717) is 23.8 Å². The van der Waals surface area contributed by atoms with Crippen molar-refractivity contribution in [3.05, 3.63) is 47.9 Å². The van der Waals surface area contributed by atoms with E-state index in [1.165, 1.54) is 0 Å². The average molecular weight is 224 g/mol. The number of hydrogen-bond donors (Lipinski definition) is 1. The van der Waals surface area contributed by atoms with Crippen LogP contribution in [0.4, 0.5) is 11.5 Å². The monoisotopic (exact) mass is 224 g/mol. The third kappa shape index (κ3) is 2.79. The largest absolute Gasteiger partial charge is 0.340 e. The van der Waals surface area contributed by atoms with Gasteiger partial charge in [-0.3, -0.25) is 0 Å². The number of rotatable bonds is 3. The molecule has 2 rings (SSSR count). The van der Waals surface area contributed by atoms with Gasteiger partial charge in [0.05, 0.1) is 0 Å². The Labute approximate surface area is 100.0 Å². The van der Waals surface area contributed by atoms with Crippen molar-refractivity contribution in [2.75, 3.05) is 5.32 Å². The number of hydrogen-bond acceptors (Lipinski definition) is 4. The molecule has 0 radical (unpaired) electrons. The van der Waals surface area contributed by atoms with Gasteiger partial charge in [-0.15, -0.1) is 0 Å². The van der Waals surface area contributed by atoms with Crippen LogP contribution in [0.15, 0.2) is 36.4 Å². The van der Waals surface area contributed by atoms with Crippen LogP contribution in [-0.2, 0) is 6.42 Å². The van der Waals surface area contributed by atoms with Gasteiger partial charge in [0, 0.05) is 18.2 Å². The summed E-state index contributed by atoms with van der Waals surface area (Å²) in [4.78, 5) is 8.42. The Hall–Kier alpha value is -2.41. The lowest BCUT2D eigenvalue weighted by Gasteiger charge is -2.06. The van der Waals surface area contributed by atoms with Crippen LogP contribution in [0.5, 0.6) is 0 Å². The highest BCUT2D eigenvalue weighted by atomic mass is 15.0. The summed E-state index contributed by atoms with van der Waals surface area (Å²) in [6.07, 6.45) is 0.707. The van der Waals surface area contributed by atoms with Gasteiger partial charge in [0.25, 0.3) is 0 Å². The third-order valence-corrected chi connectivity index (χ3v) is 2.25. The number of nitrogens with zero attached hydrogens (tertiary/aromatic N) is 3. The summed E-state index contributed by atoms with van der Waals surface area (Å²) in [5, 5.41) is 12.0. The second-order valence-electron chi connectivity index (χ2n) is 3.51. The Balaban J connectivity index is 2.30. The minimum Gasteiger partial charge on any atom is -0.340 e. The van der Waals surface area contributed by atoms with Crippen molar-refractivity contribution in [1.82, 2.24) is 9.97 Å². The van der Waals surface area contributed by atoms with Gasteiger partial charge in [0.1, 0.15) is 23.4 Å². The first-order valence-electron chi connectivity index (χ1n) is 5.42. The Morgan fingerprint density at radius 2 is 2.00 bits per heavy atom. The van der Waals surface area contributed by atoms with Crippen molar-refractivity contribution in [3.63, 3.8) is 0 Å². The normalized spacial score (nSPS) is 9.65. The number of nitriles is 1. The summed E-state index contributed by atoms with van der Waals surface area (Å²) in [5.41, 5.74) is 1.33. The smallest absolute Gasteiger partial charge is 0.146 e. The molecule has 0 bridgehead atoms. The highest BCUT2D eigenvalue weighted by molar-refractivity contribution is 5.56. The van der Waals surface area contributed by atoms with Gasteiger partial charge in [-0.05, 0) is 12.1 Å². The molecule has 0 saturated heterocycles. The molecular weight excluding hydrogens is 212 g/mol. The number of aromatic nitrogens is 2. The number of aryl methyl sites for hydroxylation is 1. The summed E-state index contributed by atoms with van der Waals surface area (Å²) in [5.74, 6) is 1.32. The molecule has 1 aromatic heterocycles. The number of para-hydroxylation sites is 1. The van der Waals surface area contributed by atoms with Crippen LogP contribution in [0.3, 0.4) is 0 Å². The van der Waals surface area contributed by atoms with Gasteiger partial charge >= 0.3 is 0 Å². The Morgan fingerprint density at radius 1 is 1.24 bits per heavy atom. The number of benzene rings is 1. The molecule has 1 N–H and O–H groups in total. The first-order chi connectivity index (χ1) is 8.31. The second kappa shape index (κ2) is 5.08. The molecule has 0 amide bonds. The van der Waals surface area contributed by atoms with Crippen LogP contribution in [0.2, 0.25) is 0 Å². The lowest BCUT2D eigenvalue weighted by Crippen LogP contribution is -2.01. The zero-order valence-electron chi connectivity index (χ0n) is 9.51. The maximum absolute atomic E-state index is 8.88. The van der Waals surface area contributed by atoms with E-state index in [-0.39, 0.29) is 0 Å². The van der Waals surface area contributed by atoms with Gasteiger partial charge in [-0.2, -0.15) is 5.26 Å². The topological polar surface area (TPSA) is 61.6 Å². The van der Waals surface area contributed by atoms with Crippen LogP contribution in [0, 0.1) is 11.3 Å². The average Bonchev–Trinajstić information content (AvgIpc) is 2.39.